The van der Waals surface area contributed by atoms with Gasteiger partial charge in [0.15, 0.2) is 0 Å². The zero-order valence-corrected chi connectivity index (χ0v) is 7.96. The molecule has 0 spiro atoms. The molecule has 4 nitrogen and oxygen atoms in total. The number of rotatable bonds is 0. The summed E-state index contributed by atoms with van der Waals surface area (Å²) in [5.74, 6) is -0.501. The minimum Gasteiger partial charge on any atom is -0.459 e. The van der Waals surface area contributed by atoms with Crippen molar-refractivity contribution in [3.8, 4) is 0 Å². The summed E-state index contributed by atoms with van der Waals surface area (Å²) in [7, 11) is 0. The molecule has 0 radical (unpaired) electrons. The molecular weight excluding hydrogens is 184 g/mol. The molecule has 0 saturated heterocycles. The highest BCUT2D eigenvalue weighted by Gasteiger charge is 2.12. The molecule has 1 heterocycles. The molecule has 1 aliphatic heterocycles. The molecular formula is C10H14O4. The molecule has 0 amide bonds. The van der Waals surface area contributed by atoms with Gasteiger partial charge in [0.25, 0.3) is 0 Å². The Balaban J connectivity index is 2.72. The summed E-state index contributed by atoms with van der Waals surface area (Å²) in [5, 5.41) is 18.6. The van der Waals surface area contributed by atoms with E-state index in [4.69, 9.17) is 4.74 Å². The predicted octanol–water partition coefficient (Wildman–Crippen LogP) is 0.156. The average Bonchev–Trinajstić information content (AvgIpc) is 2.10. The first-order valence-electron chi connectivity index (χ1n) is 4.51. The lowest BCUT2D eigenvalue weighted by molar-refractivity contribution is -0.143. The van der Waals surface area contributed by atoms with Crippen LogP contribution in [0.3, 0.4) is 0 Å². The van der Waals surface area contributed by atoms with Gasteiger partial charge in [0, 0.05) is 12.5 Å². The van der Waals surface area contributed by atoms with E-state index in [1.54, 1.807) is 6.92 Å². The fraction of sp³-hybridized carbons (Fsp3) is 0.500. The molecule has 0 aromatic carbocycles. The Morgan fingerprint density at radius 1 is 1.36 bits per heavy atom. The molecule has 0 bridgehead atoms. The van der Waals surface area contributed by atoms with Crippen LogP contribution in [-0.2, 0) is 9.53 Å². The van der Waals surface area contributed by atoms with Crippen LogP contribution in [0.2, 0.25) is 0 Å². The van der Waals surface area contributed by atoms with Gasteiger partial charge >= 0.3 is 5.97 Å². The molecule has 4 heteroatoms. The van der Waals surface area contributed by atoms with Crippen molar-refractivity contribution in [2.24, 2.45) is 0 Å². The van der Waals surface area contributed by atoms with E-state index in [-0.39, 0.29) is 6.10 Å². The summed E-state index contributed by atoms with van der Waals surface area (Å²) in [6.45, 7) is 1.71. The number of esters is 1. The van der Waals surface area contributed by atoms with Crippen LogP contribution in [-0.4, -0.2) is 34.5 Å². The lowest BCUT2D eigenvalue weighted by atomic mass is 10.1. The molecule has 2 N–H and O–H groups in total. The number of carbonyl (C=O) groups excluding carboxylic acids is 1. The smallest absolute Gasteiger partial charge is 0.330 e. The standard InChI is InChI=1S/C10H14O4/c1-7-6-9(12)3-2-8(11)4-5-10(13)14-7/h2-5,7-9,11-12H,6H2,1H3/t7-,8-,9-/m1/s1. The second-order valence-electron chi connectivity index (χ2n) is 3.29. The molecule has 78 valence electrons. The Morgan fingerprint density at radius 2 is 2.07 bits per heavy atom. The third-order valence-electron chi connectivity index (χ3n) is 1.85. The van der Waals surface area contributed by atoms with Crippen LogP contribution in [0, 0.1) is 0 Å². The van der Waals surface area contributed by atoms with Crippen molar-refractivity contribution in [2.75, 3.05) is 0 Å². The molecule has 0 aliphatic carbocycles. The molecule has 0 unspecified atom stereocenters. The maximum Gasteiger partial charge on any atom is 0.330 e. The Kier molecular flexibility index (Phi) is 3.85. The SMILES string of the molecule is C[C@@H]1C[C@H](O)C=C[C@@H](O)C=CC(=O)O1. The maximum absolute atomic E-state index is 11.0. The summed E-state index contributed by atoms with van der Waals surface area (Å²) in [6, 6.07) is 0. The van der Waals surface area contributed by atoms with Crippen molar-refractivity contribution in [2.45, 2.75) is 31.7 Å². The lowest BCUT2D eigenvalue weighted by Crippen LogP contribution is -2.20. The first kappa shape index (κ1) is 10.9. The van der Waals surface area contributed by atoms with Crippen LogP contribution >= 0.6 is 0 Å². The molecule has 0 saturated carbocycles. The van der Waals surface area contributed by atoms with E-state index in [0.717, 1.165) is 0 Å². The van der Waals surface area contributed by atoms with Gasteiger partial charge in [-0.3, -0.25) is 0 Å². The lowest BCUT2D eigenvalue weighted by Gasteiger charge is -2.15. The number of carbonyl (C=O) groups is 1. The van der Waals surface area contributed by atoms with Gasteiger partial charge in [0.1, 0.15) is 6.10 Å². The summed E-state index contributed by atoms with van der Waals surface area (Å²) < 4.78 is 4.91. The van der Waals surface area contributed by atoms with Crippen LogP contribution in [0.25, 0.3) is 0 Å². The van der Waals surface area contributed by atoms with Crippen LogP contribution in [0.15, 0.2) is 24.3 Å². The van der Waals surface area contributed by atoms with Crippen molar-refractivity contribution >= 4 is 5.97 Å². The first-order chi connectivity index (χ1) is 6.58. The third-order valence-corrected chi connectivity index (χ3v) is 1.85. The van der Waals surface area contributed by atoms with Gasteiger partial charge in [-0.15, -0.1) is 0 Å². The number of cyclic esters (lactones) is 1. The second kappa shape index (κ2) is 4.93. The van der Waals surface area contributed by atoms with Gasteiger partial charge in [-0.05, 0) is 13.0 Å². The van der Waals surface area contributed by atoms with E-state index in [2.05, 4.69) is 0 Å². The van der Waals surface area contributed by atoms with Gasteiger partial charge in [0.2, 0.25) is 0 Å². The van der Waals surface area contributed by atoms with Crippen LogP contribution < -0.4 is 0 Å². The molecule has 14 heavy (non-hydrogen) atoms. The van der Waals surface area contributed by atoms with Gasteiger partial charge in [-0.25, -0.2) is 4.79 Å². The topological polar surface area (TPSA) is 66.8 Å². The fourth-order valence-corrected chi connectivity index (χ4v) is 1.19. The Hall–Kier alpha value is -1.13. The predicted molar refractivity (Wildman–Crippen MR) is 50.5 cm³/mol. The highest BCUT2D eigenvalue weighted by atomic mass is 16.5. The fourth-order valence-electron chi connectivity index (χ4n) is 1.19. The van der Waals surface area contributed by atoms with E-state index in [9.17, 15) is 15.0 Å². The third kappa shape index (κ3) is 3.72. The molecule has 0 aromatic rings. The monoisotopic (exact) mass is 198 g/mol. The number of aliphatic hydroxyl groups is 2. The number of ether oxygens (including phenoxy) is 1. The van der Waals surface area contributed by atoms with Crippen molar-refractivity contribution in [3.05, 3.63) is 24.3 Å². The van der Waals surface area contributed by atoms with Crippen molar-refractivity contribution in [3.63, 3.8) is 0 Å². The van der Waals surface area contributed by atoms with E-state index in [1.807, 2.05) is 0 Å². The van der Waals surface area contributed by atoms with Gasteiger partial charge in [0.05, 0.1) is 12.2 Å². The molecule has 1 aliphatic rings. The minimum absolute atomic E-state index is 0.331. The van der Waals surface area contributed by atoms with E-state index < -0.39 is 18.2 Å². The zero-order chi connectivity index (χ0) is 10.6. The van der Waals surface area contributed by atoms with Crippen molar-refractivity contribution in [1.82, 2.24) is 0 Å². The number of hydrogen-bond donors (Lipinski definition) is 2. The van der Waals surface area contributed by atoms with Crippen LogP contribution in [0.4, 0.5) is 0 Å². The quantitative estimate of drug-likeness (QED) is 0.429. The highest BCUT2D eigenvalue weighted by Crippen LogP contribution is 2.07. The maximum atomic E-state index is 11.0. The summed E-state index contributed by atoms with van der Waals surface area (Å²) in [6.07, 6.45) is 3.87. The van der Waals surface area contributed by atoms with Gasteiger partial charge < -0.3 is 14.9 Å². The minimum atomic E-state index is -0.856. The van der Waals surface area contributed by atoms with Gasteiger partial charge in [-0.2, -0.15) is 0 Å². The van der Waals surface area contributed by atoms with Crippen molar-refractivity contribution < 1.29 is 19.7 Å². The van der Waals surface area contributed by atoms with E-state index in [0.29, 0.717) is 6.42 Å². The Labute approximate surface area is 82.5 Å². The average molecular weight is 198 g/mol. The zero-order valence-electron chi connectivity index (χ0n) is 7.96. The van der Waals surface area contributed by atoms with E-state index >= 15 is 0 Å². The Morgan fingerprint density at radius 3 is 2.79 bits per heavy atom. The molecule has 3 atom stereocenters. The Bertz CT molecular complexity index is 257. The van der Waals surface area contributed by atoms with E-state index in [1.165, 1.54) is 24.3 Å². The largest absolute Gasteiger partial charge is 0.459 e. The number of hydrogen-bond acceptors (Lipinski definition) is 4. The van der Waals surface area contributed by atoms with Crippen molar-refractivity contribution in [1.29, 1.82) is 0 Å². The van der Waals surface area contributed by atoms with Gasteiger partial charge in [-0.1, -0.05) is 12.2 Å². The number of aliphatic hydroxyl groups excluding tert-OH is 2. The first-order valence-corrected chi connectivity index (χ1v) is 4.51. The summed E-state index contributed by atoms with van der Waals surface area (Å²) in [5.41, 5.74) is 0. The summed E-state index contributed by atoms with van der Waals surface area (Å²) >= 11 is 0. The molecule has 0 fully saturated rings. The second-order valence-corrected chi connectivity index (χ2v) is 3.29. The molecule has 1 rings (SSSR count). The highest BCUT2D eigenvalue weighted by molar-refractivity contribution is 5.82. The van der Waals surface area contributed by atoms with Crippen LogP contribution in [0.5, 0.6) is 0 Å². The molecule has 0 aromatic heterocycles. The summed E-state index contributed by atoms with van der Waals surface area (Å²) in [4.78, 5) is 11.0. The van der Waals surface area contributed by atoms with Crippen LogP contribution in [0.1, 0.15) is 13.3 Å². The normalized spacial score (nSPS) is 33.9.